The highest BCUT2D eigenvalue weighted by atomic mass is 16.6. The first-order valence-corrected chi connectivity index (χ1v) is 9.75. The summed E-state index contributed by atoms with van der Waals surface area (Å²) in [6.07, 6.45) is 0. The molecule has 0 saturated heterocycles. The lowest BCUT2D eigenvalue weighted by molar-refractivity contribution is -0.384. The number of amides is 1. The molecule has 2 N–H and O–H groups in total. The second kappa shape index (κ2) is 10.8. The highest BCUT2D eigenvalue weighted by Gasteiger charge is 2.17. The largest absolute Gasteiger partial charge is 0.493 e. The Hall–Kier alpha value is -4.11. The molecule has 0 bridgehead atoms. The van der Waals surface area contributed by atoms with Crippen molar-refractivity contribution in [3.05, 3.63) is 82.4 Å². The van der Waals surface area contributed by atoms with E-state index in [2.05, 4.69) is 10.6 Å². The van der Waals surface area contributed by atoms with Crippen LogP contribution in [-0.2, 0) is 4.74 Å². The summed E-state index contributed by atoms with van der Waals surface area (Å²) in [6.45, 7) is 0.808. The van der Waals surface area contributed by atoms with E-state index in [0.717, 1.165) is 0 Å². The molecule has 0 unspecified atom stereocenters. The molecule has 0 aliphatic rings. The first kappa shape index (κ1) is 22.6. The van der Waals surface area contributed by atoms with Crippen LogP contribution in [0.1, 0.15) is 10.4 Å². The van der Waals surface area contributed by atoms with Crippen LogP contribution in [0.3, 0.4) is 0 Å². The van der Waals surface area contributed by atoms with E-state index in [-0.39, 0.29) is 11.3 Å². The Labute approximate surface area is 185 Å². The number of nitrogens with one attached hydrogen (secondary N) is 2. The van der Waals surface area contributed by atoms with Gasteiger partial charge in [0.2, 0.25) is 0 Å². The van der Waals surface area contributed by atoms with Crippen molar-refractivity contribution < 1.29 is 23.9 Å². The lowest BCUT2D eigenvalue weighted by Gasteiger charge is -2.11. The molecule has 3 aromatic rings. The van der Waals surface area contributed by atoms with Crippen molar-refractivity contribution >= 4 is 23.0 Å². The highest BCUT2D eigenvalue weighted by Crippen LogP contribution is 2.31. The monoisotopic (exact) mass is 437 g/mol. The van der Waals surface area contributed by atoms with Crippen LogP contribution in [0, 0.1) is 10.1 Å². The summed E-state index contributed by atoms with van der Waals surface area (Å²) in [6, 6.07) is 18.3. The Morgan fingerprint density at radius 2 is 1.72 bits per heavy atom. The van der Waals surface area contributed by atoms with Gasteiger partial charge in [-0.15, -0.1) is 0 Å². The second-order valence-electron chi connectivity index (χ2n) is 6.64. The van der Waals surface area contributed by atoms with Gasteiger partial charge in [-0.2, -0.15) is 0 Å². The lowest BCUT2D eigenvalue weighted by Crippen LogP contribution is -2.13. The molecular weight excluding hydrogens is 414 g/mol. The number of hydrogen-bond donors (Lipinski definition) is 2. The number of anilines is 2. The quantitative estimate of drug-likeness (QED) is 0.268. The van der Waals surface area contributed by atoms with E-state index >= 15 is 0 Å². The fraction of sp³-hybridized carbons (Fsp3) is 0.174. The Morgan fingerprint density at radius 1 is 1.00 bits per heavy atom. The predicted molar refractivity (Wildman–Crippen MR) is 121 cm³/mol. The summed E-state index contributed by atoms with van der Waals surface area (Å²) in [5.74, 6) is 1.27. The zero-order valence-corrected chi connectivity index (χ0v) is 17.7. The number of carbonyl (C=O) groups excluding carboxylic acids is 1. The Kier molecular flexibility index (Phi) is 7.60. The summed E-state index contributed by atoms with van der Waals surface area (Å²) >= 11 is 0. The molecule has 166 valence electrons. The second-order valence-corrected chi connectivity index (χ2v) is 6.64. The molecule has 9 heteroatoms. The maximum Gasteiger partial charge on any atom is 0.293 e. The van der Waals surface area contributed by atoms with Gasteiger partial charge >= 0.3 is 0 Å². The molecule has 0 aliphatic heterocycles. The van der Waals surface area contributed by atoms with Crippen molar-refractivity contribution in [1.82, 2.24) is 0 Å². The zero-order chi connectivity index (χ0) is 22.9. The van der Waals surface area contributed by atoms with E-state index in [1.807, 2.05) is 12.1 Å². The van der Waals surface area contributed by atoms with Gasteiger partial charge in [-0.25, -0.2) is 0 Å². The van der Waals surface area contributed by atoms with Gasteiger partial charge in [-0.1, -0.05) is 12.1 Å². The third kappa shape index (κ3) is 5.73. The number of methoxy groups -OCH3 is 2. The maximum absolute atomic E-state index is 12.6. The van der Waals surface area contributed by atoms with Crippen molar-refractivity contribution in [2.75, 3.05) is 38.0 Å². The molecule has 0 radical (unpaired) electrons. The van der Waals surface area contributed by atoms with Gasteiger partial charge in [0.05, 0.1) is 18.6 Å². The molecule has 3 aromatic carbocycles. The zero-order valence-electron chi connectivity index (χ0n) is 17.7. The topological polar surface area (TPSA) is 112 Å². The third-order valence-electron chi connectivity index (χ3n) is 4.49. The van der Waals surface area contributed by atoms with E-state index in [1.54, 1.807) is 50.6 Å². The molecule has 3 rings (SSSR count). The standard InChI is InChI=1S/C23H23N3O6/c1-30-14-13-24-19-12-7-16(15-20(19)26(28)29)23(27)25-17-8-10-18(11-9-17)32-22-6-4-3-5-21(22)31-2/h3-12,15,24H,13-14H2,1-2H3,(H,25,27). The van der Waals surface area contributed by atoms with Gasteiger partial charge < -0.3 is 24.8 Å². The van der Waals surface area contributed by atoms with E-state index in [4.69, 9.17) is 14.2 Å². The number of nitro groups is 1. The van der Waals surface area contributed by atoms with Gasteiger partial charge in [0, 0.05) is 31.0 Å². The first-order valence-electron chi connectivity index (χ1n) is 9.75. The fourth-order valence-electron chi connectivity index (χ4n) is 2.90. The number of nitrogens with zero attached hydrogens (tertiary/aromatic N) is 1. The molecule has 0 heterocycles. The summed E-state index contributed by atoms with van der Waals surface area (Å²) in [7, 11) is 3.11. The minimum atomic E-state index is -0.532. The lowest BCUT2D eigenvalue weighted by atomic mass is 10.1. The number of para-hydroxylation sites is 2. The number of nitro benzene ring substituents is 1. The van der Waals surface area contributed by atoms with Gasteiger partial charge in [0.15, 0.2) is 11.5 Å². The molecule has 0 fully saturated rings. The average Bonchev–Trinajstić information content (AvgIpc) is 2.81. The number of ether oxygens (including phenoxy) is 3. The van der Waals surface area contributed by atoms with Crippen LogP contribution < -0.4 is 20.1 Å². The Balaban J connectivity index is 1.69. The molecule has 0 atom stereocenters. The van der Waals surface area contributed by atoms with Crippen LogP contribution in [0.15, 0.2) is 66.7 Å². The van der Waals surface area contributed by atoms with Gasteiger partial charge in [0.25, 0.3) is 11.6 Å². The predicted octanol–water partition coefficient (Wildman–Crippen LogP) is 4.71. The summed E-state index contributed by atoms with van der Waals surface area (Å²) < 4.78 is 16.0. The summed E-state index contributed by atoms with van der Waals surface area (Å²) in [4.78, 5) is 23.5. The van der Waals surface area contributed by atoms with Crippen LogP contribution in [0.5, 0.6) is 17.2 Å². The number of hydrogen-bond acceptors (Lipinski definition) is 7. The van der Waals surface area contributed by atoms with E-state index in [9.17, 15) is 14.9 Å². The van der Waals surface area contributed by atoms with Crippen molar-refractivity contribution in [2.45, 2.75) is 0 Å². The molecule has 1 amide bonds. The Bertz CT molecular complexity index is 1090. The van der Waals surface area contributed by atoms with E-state index in [0.29, 0.717) is 41.8 Å². The van der Waals surface area contributed by atoms with Crippen LogP contribution in [0.25, 0.3) is 0 Å². The molecular formula is C23H23N3O6. The van der Waals surface area contributed by atoms with Gasteiger partial charge in [-0.05, 0) is 48.5 Å². The molecule has 0 aromatic heterocycles. The molecule has 0 saturated carbocycles. The van der Waals surface area contributed by atoms with Crippen molar-refractivity contribution in [1.29, 1.82) is 0 Å². The van der Waals surface area contributed by atoms with Crippen LogP contribution >= 0.6 is 0 Å². The van der Waals surface area contributed by atoms with Crippen LogP contribution in [0.2, 0.25) is 0 Å². The summed E-state index contributed by atoms with van der Waals surface area (Å²) in [5, 5.41) is 17.1. The van der Waals surface area contributed by atoms with Gasteiger partial charge in [0.1, 0.15) is 11.4 Å². The average molecular weight is 437 g/mol. The maximum atomic E-state index is 12.6. The van der Waals surface area contributed by atoms with Crippen molar-refractivity contribution in [3.63, 3.8) is 0 Å². The van der Waals surface area contributed by atoms with Crippen LogP contribution in [-0.4, -0.2) is 38.2 Å². The van der Waals surface area contributed by atoms with E-state index in [1.165, 1.54) is 18.2 Å². The first-order chi connectivity index (χ1) is 15.5. The van der Waals surface area contributed by atoms with Gasteiger partial charge in [-0.3, -0.25) is 14.9 Å². The minimum absolute atomic E-state index is 0.170. The Morgan fingerprint density at radius 3 is 2.38 bits per heavy atom. The number of rotatable bonds is 10. The summed E-state index contributed by atoms with van der Waals surface area (Å²) in [5.41, 5.74) is 0.825. The van der Waals surface area contributed by atoms with Crippen LogP contribution in [0.4, 0.5) is 17.1 Å². The molecule has 9 nitrogen and oxygen atoms in total. The van der Waals surface area contributed by atoms with E-state index < -0.39 is 10.8 Å². The number of benzene rings is 3. The normalized spacial score (nSPS) is 10.3. The number of carbonyl (C=O) groups is 1. The molecule has 32 heavy (non-hydrogen) atoms. The van der Waals surface area contributed by atoms with Crippen molar-refractivity contribution in [3.8, 4) is 17.2 Å². The minimum Gasteiger partial charge on any atom is -0.493 e. The molecule has 0 spiro atoms. The SMILES string of the molecule is COCCNc1ccc(C(=O)Nc2ccc(Oc3ccccc3OC)cc2)cc1[N+](=O)[O-]. The smallest absolute Gasteiger partial charge is 0.293 e. The fourth-order valence-corrected chi connectivity index (χ4v) is 2.90. The third-order valence-corrected chi connectivity index (χ3v) is 4.49. The molecule has 0 aliphatic carbocycles. The highest BCUT2D eigenvalue weighted by molar-refractivity contribution is 6.05. The van der Waals surface area contributed by atoms with Crippen molar-refractivity contribution in [2.24, 2.45) is 0 Å².